The number of urea groups is 1. The molecule has 1 unspecified atom stereocenters. The zero-order valence-corrected chi connectivity index (χ0v) is 14.8. The van der Waals surface area contributed by atoms with E-state index in [1.54, 1.807) is 24.5 Å². The first-order chi connectivity index (χ1) is 12.0. The van der Waals surface area contributed by atoms with Crippen LogP contribution in [0.1, 0.15) is 25.5 Å². The van der Waals surface area contributed by atoms with Crippen molar-refractivity contribution in [1.29, 1.82) is 0 Å². The minimum atomic E-state index is -0.461. The van der Waals surface area contributed by atoms with Crippen LogP contribution in [0.25, 0.3) is 0 Å². The molecule has 0 saturated carbocycles. The summed E-state index contributed by atoms with van der Waals surface area (Å²) in [6.07, 6.45) is 3.32. The van der Waals surface area contributed by atoms with Crippen molar-refractivity contribution in [2.24, 2.45) is 0 Å². The van der Waals surface area contributed by atoms with Crippen LogP contribution in [0.15, 0.2) is 22.1 Å². The lowest BCUT2D eigenvalue weighted by atomic mass is 10.1. The van der Waals surface area contributed by atoms with Crippen LogP contribution in [0.5, 0.6) is 0 Å². The summed E-state index contributed by atoms with van der Waals surface area (Å²) in [5, 5.41) is 7.61. The highest BCUT2D eigenvalue weighted by Crippen LogP contribution is 2.28. The van der Waals surface area contributed by atoms with Gasteiger partial charge in [0.25, 0.3) is 5.91 Å². The van der Waals surface area contributed by atoms with E-state index in [2.05, 4.69) is 10.5 Å². The smallest absolute Gasteiger partial charge is 0.360 e. The Kier molecular flexibility index (Phi) is 5.03. The molecule has 25 heavy (non-hydrogen) atoms. The summed E-state index contributed by atoms with van der Waals surface area (Å²) >= 11 is 1.35. The van der Waals surface area contributed by atoms with Crippen molar-refractivity contribution in [2.45, 2.75) is 31.9 Å². The first kappa shape index (κ1) is 17.4. The molecule has 1 aromatic heterocycles. The van der Waals surface area contributed by atoms with E-state index in [0.717, 1.165) is 12.8 Å². The number of imide groups is 1. The van der Waals surface area contributed by atoms with Gasteiger partial charge in [-0.05, 0) is 24.8 Å². The SMILES string of the molecule is CCCCN1C(=O)C2SC=CC2=[N+](CC(=O)Nc2cc(C)on2)C1=O. The molecule has 4 amide bonds. The van der Waals surface area contributed by atoms with E-state index in [-0.39, 0.29) is 12.5 Å². The number of unbranched alkanes of at least 4 members (excludes halogenated alkanes) is 1. The van der Waals surface area contributed by atoms with Gasteiger partial charge in [0.2, 0.25) is 0 Å². The van der Waals surface area contributed by atoms with Gasteiger partial charge < -0.3 is 9.84 Å². The molecule has 1 aromatic rings. The number of rotatable bonds is 6. The van der Waals surface area contributed by atoms with Crippen molar-refractivity contribution in [3.05, 3.63) is 23.3 Å². The lowest BCUT2D eigenvalue weighted by molar-refractivity contribution is -0.425. The van der Waals surface area contributed by atoms with Gasteiger partial charge in [-0.15, -0.1) is 11.8 Å². The normalized spacial score (nSPS) is 19.6. The van der Waals surface area contributed by atoms with Crippen molar-refractivity contribution in [2.75, 3.05) is 18.4 Å². The van der Waals surface area contributed by atoms with Gasteiger partial charge in [0, 0.05) is 6.07 Å². The molecule has 0 aliphatic carbocycles. The lowest BCUT2D eigenvalue weighted by Gasteiger charge is -2.23. The van der Waals surface area contributed by atoms with E-state index in [1.807, 2.05) is 6.92 Å². The van der Waals surface area contributed by atoms with E-state index in [0.29, 0.717) is 23.8 Å². The minimum Gasteiger partial charge on any atom is -0.360 e. The van der Waals surface area contributed by atoms with Crippen molar-refractivity contribution in [1.82, 2.24) is 10.1 Å². The number of carbonyl (C=O) groups excluding carboxylic acids is 3. The molecule has 132 valence electrons. The minimum absolute atomic E-state index is 0.183. The first-order valence-corrected chi connectivity index (χ1v) is 9.00. The predicted octanol–water partition coefficient (Wildman–Crippen LogP) is 1.77. The third kappa shape index (κ3) is 3.51. The second kappa shape index (κ2) is 7.22. The first-order valence-electron chi connectivity index (χ1n) is 8.06. The molecule has 3 heterocycles. The van der Waals surface area contributed by atoms with Gasteiger partial charge >= 0.3 is 11.9 Å². The van der Waals surface area contributed by atoms with E-state index < -0.39 is 17.2 Å². The van der Waals surface area contributed by atoms with Crippen molar-refractivity contribution in [3.63, 3.8) is 0 Å². The number of nitrogens with one attached hydrogen (secondary N) is 1. The molecule has 9 heteroatoms. The second-order valence-electron chi connectivity index (χ2n) is 5.83. The summed E-state index contributed by atoms with van der Waals surface area (Å²) in [5.41, 5.74) is 0.555. The van der Waals surface area contributed by atoms with E-state index in [9.17, 15) is 14.4 Å². The molecular weight excluding hydrogens is 344 g/mol. The molecule has 0 radical (unpaired) electrons. The molecule has 2 aliphatic heterocycles. The zero-order chi connectivity index (χ0) is 18.0. The summed E-state index contributed by atoms with van der Waals surface area (Å²) in [6, 6.07) is 1.14. The van der Waals surface area contributed by atoms with Gasteiger partial charge in [-0.2, -0.15) is 14.3 Å². The van der Waals surface area contributed by atoms with Gasteiger partial charge in [-0.1, -0.05) is 18.5 Å². The van der Waals surface area contributed by atoms with Crippen LogP contribution in [0.3, 0.4) is 0 Å². The number of anilines is 1. The third-order valence-electron chi connectivity index (χ3n) is 3.92. The van der Waals surface area contributed by atoms with E-state index in [1.165, 1.54) is 21.2 Å². The van der Waals surface area contributed by atoms with E-state index in [4.69, 9.17) is 4.52 Å². The topological polar surface area (TPSA) is 95.5 Å². The molecule has 0 aromatic carbocycles. The largest absolute Gasteiger partial charge is 0.501 e. The Morgan fingerprint density at radius 1 is 1.48 bits per heavy atom. The molecule has 0 spiro atoms. The monoisotopic (exact) mass is 363 g/mol. The summed E-state index contributed by atoms with van der Waals surface area (Å²) in [6.45, 7) is 3.89. The molecule has 0 fully saturated rings. The number of fused-ring (bicyclic) bond motifs is 1. The fourth-order valence-electron chi connectivity index (χ4n) is 2.69. The highest BCUT2D eigenvalue weighted by Gasteiger charge is 2.49. The van der Waals surface area contributed by atoms with Crippen LogP contribution < -0.4 is 5.32 Å². The number of aryl methyl sites for hydroxylation is 1. The number of allylic oxidation sites excluding steroid dienone is 1. The van der Waals surface area contributed by atoms with Crippen LogP contribution in [0.2, 0.25) is 0 Å². The summed E-state index contributed by atoms with van der Waals surface area (Å²) in [7, 11) is 0. The van der Waals surface area contributed by atoms with Crippen molar-refractivity contribution >= 4 is 41.1 Å². The quantitative estimate of drug-likeness (QED) is 0.774. The van der Waals surface area contributed by atoms with Crippen molar-refractivity contribution in [3.8, 4) is 0 Å². The van der Waals surface area contributed by atoms with Crippen LogP contribution >= 0.6 is 11.8 Å². The second-order valence-corrected chi connectivity index (χ2v) is 6.84. The lowest BCUT2D eigenvalue weighted by Crippen LogP contribution is -2.56. The molecule has 0 bridgehead atoms. The molecule has 8 nitrogen and oxygen atoms in total. The fourth-order valence-corrected chi connectivity index (χ4v) is 3.65. The zero-order valence-electron chi connectivity index (χ0n) is 14.0. The predicted molar refractivity (Wildman–Crippen MR) is 92.5 cm³/mol. The Labute approximate surface area is 148 Å². The Balaban J connectivity index is 1.80. The Hall–Kier alpha value is -2.42. The van der Waals surface area contributed by atoms with Gasteiger partial charge in [0.05, 0.1) is 6.54 Å². The average Bonchev–Trinajstić information content (AvgIpc) is 3.21. The molecule has 2 aliphatic rings. The number of hydrogen-bond acceptors (Lipinski definition) is 6. The number of thioether (sulfide) groups is 1. The number of aromatic nitrogens is 1. The maximum atomic E-state index is 12.7. The summed E-state index contributed by atoms with van der Waals surface area (Å²) < 4.78 is 6.26. The molecule has 0 saturated heterocycles. The third-order valence-corrected chi connectivity index (χ3v) is 4.93. The van der Waals surface area contributed by atoms with Crippen LogP contribution in [-0.2, 0) is 9.59 Å². The Bertz CT molecular complexity index is 783. The molecule has 1 N–H and O–H groups in total. The average molecular weight is 363 g/mol. The molecule has 3 rings (SSSR count). The number of carbonyl (C=O) groups is 3. The fraction of sp³-hybridized carbons (Fsp3) is 0.438. The van der Waals surface area contributed by atoms with Crippen LogP contribution in [0, 0.1) is 6.92 Å². The maximum Gasteiger partial charge on any atom is 0.501 e. The van der Waals surface area contributed by atoms with Crippen LogP contribution in [0.4, 0.5) is 10.6 Å². The van der Waals surface area contributed by atoms with Gasteiger partial charge in [0.15, 0.2) is 17.6 Å². The number of hydrogen-bond donors (Lipinski definition) is 1. The van der Waals surface area contributed by atoms with Gasteiger partial charge in [-0.25, -0.2) is 4.79 Å². The maximum absolute atomic E-state index is 12.7. The Morgan fingerprint density at radius 3 is 2.96 bits per heavy atom. The molecular formula is C16H19N4O4S+. The Morgan fingerprint density at radius 2 is 2.28 bits per heavy atom. The molecule has 1 atom stereocenters. The van der Waals surface area contributed by atoms with E-state index >= 15 is 0 Å². The highest BCUT2D eigenvalue weighted by molar-refractivity contribution is 8.04. The summed E-state index contributed by atoms with van der Waals surface area (Å²) in [5.74, 6) is 0.254. The number of amides is 4. The van der Waals surface area contributed by atoms with Crippen molar-refractivity contribution < 1.29 is 23.5 Å². The number of nitrogens with zero attached hydrogens (tertiary/aromatic N) is 3. The standard InChI is InChI=1S/C16H18N4O4S/c1-3-4-6-19-15(22)14-11(5-7-25-14)20(16(19)23)9-13(21)17-12-8-10(2)24-18-12/h5,7-8,14H,3-4,6,9H2,1-2H3/p+1. The highest BCUT2D eigenvalue weighted by atomic mass is 32.2. The van der Waals surface area contributed by atoms with Gasteiger partial charge in [0.1, 0.15) is 11.5 Å². The van der Waals surface area contributed by atoms with Crippen LogP contribution in [-0.4, -0.2) is 56.5 Å². The summed E-state index contributed by atoms with van der Waals surface area (Å²) in [4.78, 5) is 38.8. The van der Waals surface area contributed by atoms with Gasteiger partial charge in [-0.3, -0.25) is 4.79 Å².